The molecule has 0 aromatic heterocycles. The van der Waals surface area contributed by atoms with Crippen molar-refractivity contribution in [1.29, 1.82) is 0 Å². The van der Waals surface area contributed by atoms with E-state index in [4.69, 9.17) is 4.74 Å². The largest absolute Gasteiger partial charge is 0.466 e. The Bertz CT molecular complexity index is 380. The lowest BCUT2D eigenvalue weighted by molar-refractivity contribution is -0.147. The molecule has 23 heavy (non-hydrogen) atoms. The van der Waals surface area contributed by atoms with Crippen LogP contribution in [0.3, 0.4) is 0 Å². The van der Waals surface area contributed by atoms with Crippen molar-refractivity contribution in [2.45, 2.75) is 78.7 Å². The van der Waals surface area contributed by atoms with Crippen LogP contribution in [0.1, 0.15) is 72.6 Å². The summed E-state index contributed by atoms with van der Waals surface area (Å²) < 4.78 is 5.18. The Labute approximate surface area is 141 Å². The normalized spacial score (nSPS) is 36.5. The lowest BCUT2D eigenvalue weighted by Crippen LogP contribution is -2.32. The Balaban J connectivity index is 2.68. The molecule has 134 valence electrons. The average Bonchev–Trinajstić information content (AvgIpc) is 2.49. The zero-order chi connectivity index (χ0) is 17.4. The fraction of sp³-hybridized carbons (Fsp3) is 0.895. The minimum absolute atomic E-state index is 0.0533. The second-order valence-electron chi connectivity index (χ2n) is 7.60. The third kappa shape index (κ3) is 7.47. The van der Waals surface area contributed by atoms with Crippen LogP contribution in [0.25, 0.3) is 0 Å². The van der Waals surface area contributed by atoms with E-state index in [9.17, 15) is 14.7 Å². The first-order valence-corrected chi connectivity index (χ1v) is 9.18. The summed E-state index contributed by atoms with van der Waals surface area (Å²) in [6.07, 6.45) is 5.27. The van der Waals surface area contributed by atoms with E-state index < -0.39 is 18.0 Å². The van der Waals surface area contributed by atoms with Crippen LogP contribution in [0.15, 0.2) is 0 Å². The molecule has 1 heterocycles. The number of carbonyl (C=O) groups is 2. The summed E-state index contributed by atoms with van der Waals surface area (Å²) in [5.74, 6) is 0.214. The summed E-state index contributed by atoms with van der Waals surface area (Å²) >= 11 is 0. The molecule has 1 N–H and O–H groups in total. The van der Waals surface area contributed by atoms with Gasteiger partial charge in [-0.2, -0.15) is 0 Å². The maximum absolute atomic E-state index is 12.4. The van der Waals surface area contributed by atoms with E-state index >= 15 is 0 Å². The molecule has 0 bridgehead atoms. The molecular formula is C19H34O4. The van der Waals surface area contributed by atoms with E-state index in [1.807, 2.05) is 6.92 Å². The van der Waals surface area contributed by atoms with Crippen molar-refractivity contribution in [1.82, 2.24) is 0 Å². The second kappa shape index (κ2) is 10.1. The van der Waals surface area contributed by atoms with Gasteiger partial charge < -0.3 is 9.84 Å². The number of hydrogen-bond acceptors (Lipinski definition) is 4. The Morgan fingerprint density at radius 3 is 2.26 bits per heavy atom. The van der Waals surface area contributed by atoms with E-state index in [1.54, 1.807) is 6.92 Å². The van der Waals surface area contributed by atoms with Crippen molar-refractivity contribution >= 4 is 11.8 Å². The van der Waals surface area contributed by atoms with E-state index in [0.717, 1.165) is 25.7 Å². The fourth-order valence-electron chi connectivity index (χ4n) is 3.46. The molecule has 4 nitrogen and oxygen atoms in total. The van der Waals surface area contributed by atoms with Crippen LogP contribution in [-0.4, -0.2) is 29.6 Å². The summed E-state index contributed by atoms with van der Waals surface area (Å²) in [6, 6.07) is 0. The molecule has 4 heteroatoms. The number of esters is 1. The van der Waals surface area contributed by atoms with Crippen LogP contribution in [0.2, 0.25) is 0 Å². The summed E-state index contributed by atoms with van der Waals surface area (Å²) in [7, 11) is 0. The first kappa shape index (κ1) is 20.1. The van der Waals surface area contributed by atoms with Crippen molar-refractivity contribution in [2.75, 3.05) is 6.61 Å². The minimum Gasteiger partial charge on any atom is -0.466 e. The molecule has 0 aromatic carbocycles. The molecule has 5 unspecified atom stereocenters. The van der Waals surface area contributed by atoms with E-state index in [2.05, 4.69) is 13.8 Å². The maximum atomic E-state index is 12.4. The Kier molecular flexibility index (Phi) is 8.82. The van der Waals surface area contributed by atoms with Gasteiger partial charge in [-0.1, -0.05) is 47.0 Å². The van der Waals surface area contributed by atoms with Gasteiger partial charge in [0.2, 0.25) is 0 Å². The summed E-state index contributed by atoms with van der Waals surface area (Å²) in [5.41, 5.74) is 0. The van der Waals surface area contributed by atoms with Crippen molar-refractivity contribution in [3.8, 4) is 0 Å². The Hall–Kier alpha value is -0.900. The van der Waals surface area contributed by atoms with Gasteiger partial charge in [0.25, 0.3) is 0 Å². The lowest BCUT2D eigenvalue weighted by Gasteiger charge is -2.23. The van der Waals surface area contributed by atoms with E-state index in [0.29, 0.717) is 18.4 Å². The van der Waals surface area contributed by atoms with Crippen LogP contribution in [0.5, 0.6) is 0 Å². The van der Waals surface area contributed by atoms with Crippen LogP contribution < -0.4 is 0 Å². The number of hydrogen-bond donors (Lipinski definition) is 1. The Morgan fingerprint density at radius 1 is 0.957 bits per heavy atom. The van der Waals surface area contributed by atoms with Gasteiger partial charge in [0, 0.05) is 11.8 Å². The zero-order valence-electron chi connectivity index (χ0n) is 15.2. The number of ketones is 1. The highest BCUT2D eigenvalue weighted by Gasteiger charge is 2.29. The van der Waals surface area contributed by atoms with E-state index in [-0.39, 0.29) is 18.1 Å². The third-order valence-corrected chi connectivity index (χ3v) is 5.14. The third-order valence-electron chi connectivity index (χ3n) is 5.14. The molecule has 0 saturated carbocycles. The maximum Gasteiger partial charge on any atom is 0.308 e. The van der Waals surface area contributed by atoms with Gasteiger partial charge in [0.15, 0.2) is 0 Å². The number of aliphatic hydroxyl groups is 1. The fourth-order valence-corrected chi connectivity index (χ4v) is 3.46. The summed E-state index contributed by atoms with van der Waals surface area (Å²) in [6.45, 7) is 8.51. The molecule has 0 aromatic rings. The SMILES string of the molecule is CC1CCCOC(=O)CC(O)C(C)C(=O)C(C)CC(C)CCC1. The minimum atomic E-state index is -0.945. The number of aliphatic hydroxyl groups excluding tert-OH is 1. The lowest BCUT2D eigenvalue weighted by atomic mass is 9.83. The van der Waals surface area contributed by atoms with Crippen molar-refractivity contribution in [3.63, 3.8) is 0 Å². The van der Waals surface area contributed by atoms with Gasteiger partial charge in [0.05, 0.1) is 19.1 Å². The second-order valence-corrected chi connectivity index (χ2v) is 7.60. The van der Waals surface area contributed by atoms with Crippen molar-refractivity contribution in [3.05, 3.63) is 0 Å². The van der Waals surface area contributed by atoms with Crippen LogP contribution in [0, 0.1) is 23.7 Å². The van der Waals surface area contributed by atoms with E-state index in [1.165, 1.54) is 12.8 Å². The predicted octanol–water partition coefficient (Wildman–Crippen LogP) is 3.75. The smallest absolute Gasteiger partial charge is 0.308 e. The van der Waals surface area contributed by atoms with Gasteiger partial charge in [0.1, 0.15) is 5.78 Å². The highest BCUT2D eigenvalue weighted by Crippen LogP contribution is 2.24. The first-order chi connectivity index (χ1) is 10.8. The van der Waals surface area contributed by atoms with Gasteiger partial charge in [-0.3, -0.25) is 9.59 Å². The molecule has 0 aliphatic carbocycles. The number of carbonyl (C=O) groups excluding carboxylic acids is 2. The van der Waals surface area contributed by atoms with Crippen molar-refractivity contribution < 1.29 is 19.4 Å². The predicted molar refractivity (Wildman–Crippen MR) is 90.9 cm³/mol. The number of ether oxygens (including phenoxy) is 1. The molecule has 5 atom stereocenters. The molecule has 1 rings (SSSR count). The average molecular weight is 326 g/mol. The van der Waals surface area contributed by atoms with Gasteiger partial charge >= 0.3 is 5.97 Å². The van der Waals surface area contributed by atoms with Gasteiger partial charge in [-0.15, -0.1) is 0 Å². The molecule has 0 radical (unpaired) electrons. The molecular weight excluding hydrogens is 292 g/mol. The Morgan fingerprint density at radius 2 is 1.57 bits per heavy atom. The first-order valence-electron chi connectivity index (χ1n) is 9.18. The number of rotatable bonds is 0. The van der Waals surface area contributed by atoms with Crippen LogP contribution in [0.4, 0.5) is 0 Å². The van der Waals surface area contributed by atoms with Crippen LogP contribution >= 0.6 is 0 Å². The highest BCUT2D eigenvalue weighted by atomic mass is 16.5. The van der Waals surface area contributed by atoms with Gasteiger partial charge in [-0.05, 0) is 31.1 Å². The monoisotopic (exact) mass is 326 g/mol. The summed E-state index contributed by atoms with van der Waals surface area (Å²) in [4.78, 5) is 24.2. The topological polar surface area (TPSA) is 63.6 Å². The molecule has 1 saturated heterocycles. The molecule has 1 aliphatic heterocycles. The highest BCUT2D eigenvalue weighted by molar-refractivity contribution is 5.84. The standard InChI is InChI=1S/C19H34O4/c1-13-7-5-8-14(2)11-15(3)19(22)16(4)17(20)12-18(21)23-10-6-9-13/h13-17,20H,5-12H2,1-4H3. The molecule has 0 amide bonds. The van der Waals surface area contributed by atoms with Crippen molar-refractivity contribution in [2.24, 2.45) is 23.7 Å². The van der Waals surface area contributed by atoms with Gasteiger partial charge in [-0.25, -0.2) is 0 Å². The van der Waals surface area contributed by atoms with Crippen LogP contribution in [-0.2, 0) is 14.3 Å². The summed E-state index contributed by atoms with van der Waals surface area (Å²) in [5, 5.41) is 10.1. The number of cyclic esters (lactones) is 1. The molecule has 1 fully saturated rings. The number of Topliss-reactive ketones (excluding diaryl/α,β-unsaturated/α-hetero) is 1. The zero-order valence-corrected chi connectivity index (χ0v) is 15.2. The molecule has 1 aliphatic rings. The molecule has 0 spiro atoms. The quantitative estimate of drug-likeness (QED) is 0.689.